The van der Waals surface area contributed by atoms with E-state index in [9.17, 15) is 4.79 Å². The first-order chi connectivity index (χ1) is 8.11. The molecule has 0 aliphatic carbocycles. The van der Waals surface area contributed by atoms with Crippen molar-refractivity contribution in [2.24, 2.45) is 0 Å². The van der Waals surface area contributed by atoms with E-state index >= 15 is 0 Å². The van der Waals surface area contributed by atoms with E-state index in [0.717, 1.165) is 38.4 Å². The van der Waals surface area contributed by atoms with Gasteiger partial charge in [-0.1, -0.05) is 0 Å². The normalized spacial score (nSPS) is 17.5. The smallest absolute Gasteiger partial charge is 0.274 e. The molecule has 0 atom stereocenters. The van der Waals surface area contributed by atoms with Crippen molar-refractivity contribution >= 4 is 5.91 Å². The average molecular weight is 236 g/mol. The zero-order valence-corrected chi connectivity index (χ0v) is 10.8. The van der Waals surface area contributed by atoms with Crippen molar-refractivity contribution in [2.75, 3.05) is 33.2 Å². The highest BCUT2D eigenvalue weighted by molar-refractivity contribution is 5.92. The van der Waals surface area contributed by atoms with Crippen LogP contribution in [0.25, 0.3) is 0 Å². The zero-order valence-electron chi connectivity index (χ0n) is 10.8. The quantitative estimate of drug-likeness (QED) is 0.755. The van der Waals surface area contributed by atoms with Gasteiger partial charge in [0.05, 0.1) is 0 Å². The molecule has 2 rings (SSSR count). The summed E-state index contributed by atoms with van der Waals surface area (Å²) in [5.41, 5.74) is 1.62. The third-order valence-electron chi connectivity index (χ3n) is 3.29. The fourth-order valence-corrected chi connectivity index (χ4v) is 2.11. The van der Waals surface area contributed by atoms with Gasteiger partial charge in [-0.2, -0.15) is 5.10 Å². The number of likely N-dealkylation sites (N-methyl/N-ethyl adjacent to an activating group) is 1. The Kier molecular flexibility index (Phi) is 3.47. The molecule has 1 amide bonds. The summed E-state index contributed by atoms with van der Waals surface area (Å²) in [6.07, 6.45) is 0. The van der Waals surface area contributed by atoms with E-state index in [-0.39, 0.29) is 5.91 Å². The van der Waals surface area contributed by atoms with Gasteiger partial charge >= 0.3 is 0 Å². The molecule has 1 fully saturated rings. The molecule has 2 heterocycles. The molecule has 1 aliphatic rings. The van der Waals surface area contributed by atoms with Gasteiger partial charge in [-0.25, -0.2) is 0 Å². The lowest BCUT2D eigenvalue weighted by atomic mass is 10.3. The van der Waals surface area contributed by atoms with E-state index in [0.29, 0.717) is 5.69 Å². The lowest BCUT2D eigenvalue weighted by molar-refractivity contribution is 0.0657. The number of carbonyl (C=O) groups excluding carboxylic acids is 1. The number of hydrogen-bond donors (Lipinski definition) is 0. The summed E-state index contributed by atoms with van der Waals surface area (Å²) in [5.74, 6) is 0.0633. The molecule has 0 radical (unpaired) electrons. The first kappa shape index (κ1) is 12.1. The van der Waals surface area contributed by atoms with Crippen LogP contribution in [0, 0.1) is 6.92 Å². The number of aryl methyl sites for hydroxylation is 2. The minimum absolute atomic E-state index is 0.0633. The molecule has 1 aromatic heterocycles. The van der Waals surface area contributed by atoms with Crippen molar-refractivity contribution in [2.45, 2.75) is 20.4 Å². The topological polar surface area (TPSA) is 41.4 Å². The fourth-order valence-electron chi connectivity index (χ4n) is 2.11. The summed E-state index contributed by atoms with van der Waals surface area (Å²) in [7, 11) is 2.08. The molecular formula is C12H20N4O. The molecule has 0 aromatic carbocycles. The van der Waals surface area contributed by atoms with Gasteiger partial charge in [-0.3, -0.25) is 9.48 Å². The Morgan fingerprint density at radius 1 is 1.35 bits per heavy atom. The van der Waals surface area contributed by atoms with Crippen molar-refractivity contribution in [3.05, 3.63) is 17.5 Å². The highest BCUT2D eigenvalue weighted by Crippen LogP contribution is 2.09. The Bertz CT molecular complexity index is 405. The molecule has 1 aliphatic heterocycles. The lowest BCUT2D eigenvalue weighted by Crippen LogP contribution is -2.47. The van der Waals surface area contributed by atoms with Gasteiger partial charge in [0.25, 0.3) is 5.91 Å². The molecule has 0 unspecified atom stereocenters. The number of aromatic nitrogens is 2. The maximum atomic E-state index is 12.2. The van der Waals surface area contributed by atoms with E-state index in [4.69, 9.17) is 0 Å². The standard InChI is InChI=1S/C12H20N4O/c1-4-16-10(2)9-11(13-16)12(17)15-7-5-14(3)6-8-15/h9H,4-8H2,1-3H3. The molecule has 1 aromatic rings. The molecule has 17 heavy (non-hydrogen) atoms. The number of amides is 1. The fraction of sp³-hybridized carbons (Fsp3) is 0.667. The third kappa shape index (κ3) is 2.49. The monoisotopic (exact) mass is 236 g/mol. The van der Waals surface area contributed by atoms with Crippen molar-refractivity contribution in [1.29, 1.82) is 0 Å². The van der Waals surface area contributed by atoms with Gasteiger partial charge in [0.2, 0.25) is 0 Å². The average Bonchev–Trinajstić information content (AvgIpc) is 2.70. The predicted octanol–water partition coefficient (Wildman–Crippen LogP) is 0.599. The Hall–Kier alpha value is -1.36. The van der Waals surface area contributed by atoms with Gasteiger partial charge < -0.3 is 9.80 Å². The molecule has 0 saturated carbocycles. The number of hydrogen-bond acceptors (Lipinski definition) is 3. The van der Waals surface area contributed by atoms with Crippen molar-refractivity contribution < 1.29 is 4.79 Å². The summed E-state index contributed by atoms with van der Waals surface area (Å²) in [6.45, 7) is 8.31. The van der Waals surface area contributed by atoms with Crippen molar-refractivity contribution in [1.82, 2.24) is 19.6 Å². The first-order valence-corrected chi connectivity index (χ1v) is 6.14. The summed E-state index contributed by atoms with van der Waals surface area (Å²) >= 11 is 0. The predicted molar refractivity (Wildman–Crippen MR) is 66.0 cm³/mol. The van der Waals surface area contributed by atoms with Crippen LogP contribution < -0.4 is 0 Å². The molecule has 0 spiro atoms. The summed E-state index contributed by atoms with van der Waals surface area (Å²) in [5, 5.41) is 4.33. The van der Waals surface area contributed by atoms with Crippen LogP contribution in [0.2, 0.25) is 0 Å². The second-order valence-electron chi connectivity index (χ2n) is 4.58. The minimum Gasteiger partial charge on any atom is -0.335 e. The maximum Gasteiger partial charge on any atom is 0.274 e. The Morgan fingerprint density at radius 2 is 2.00 bits per heavy atom. The zero-order chi connectivity index (χ0) is 12.4. The summed E-state index contributed by atoms with van der Waals surface area (Å²) in [6, 6.07) is 1.88. The highest BCUT2D eigenvalue weighted by atomic mass is 16.2. The number of rotatable bonds is 2. The van der Waals surface area contributed by atoms with Crippen molar-refractivity contribution in [3.63, 3.8) is 0 Å². The Labute approximate surface area is 102 Å². The van der Waals surface area contributed by atoms with Gasteiger partial charge in [-0.15, -0.1) is 0 Å². The van der Waals surface area contributed by atoms with Gasteiger partial charge in [0.15, 0.2) is 5.69 Å². The van der Waals surface area contributed by atoms with Crippen molar-refractivity contribution in [3.8, 4) is 0 Å². The van der Waals surface area contributed by atoms with Crippen LogP contribution in [0.3, 0.4) is 0 Å². The van der Waals surface area contributed by atoms with E-state index in [1.165, 1.54) is 0 Å². The number of piperazine rings is 1. The van der Waals surface area contributed by atoms with Crippen LogP contribution in [-0.2, 0) is 6.54 Å². The second kappa shape index (κ2) is 4.87. The van der Waals surface area contributed by atoms with Crippen LogP contribution in [0.4, 0.5) is 0 Å². The first-order valence-electron chi connectivity index (χ1n) is 6.14. The molecule has 0 N–H and O–H groups in total. The molecule has 5 nitrogen and oxygen atoms in total. The number of nitrogens with zero attached hydrogens (tertiary/aromatic N) is 4. The van der Waals surface area contributed by atoms with Crippen LogP contribution in [0.1, 0.15) is 23.1 Å². The largest absolute Gasteiger partial charge is 0.335 e. The lowest BCUT2D eigenvalue weighted by Gasteiger charge is -2.31. The molecule has 94 valence electrons. The summed E-state index contributed by atoms with van der Waals surface area (Å²) in [4.78, 5) is 16.3. The SMILES string of the molecule is CCn1nc(C(=O)N2CCN(C)CC2)cc1C. The minimum atomic E-state index is 0.0633. The molecule has 1 saturated heterocycles. The molecular weight excluding hydrogens is 216 g/mol. The van der Waals surface area contributed by atoms with Gasteiger partial charge in [-0.05, 0) is 27.0 Å². The Morgan fingerprint density at radius 3 is 2.53 bits per heavy atom. The molecule has 5 heteroatoms. The highest BCUT2D eigenvalue weighted by Gasteiger charge is 2.22. The van der Waals surface area contributed by atoms with E-state index in [2.05, 4.69) is 17.0 Å². The van der Waals surface area contributed by atoms with Crippen LogP contribution in [0.5, 0.6) is 0 Å². The van der Waals surface area contributed by atoms with E-state index in [1.807, 2.05) is 29.5 Å². The Balaban J connectivity index is 2.08. The molecule has 0 bridgehead atoms. The summed E-state index contributed by atoms with van der Waals surface area (Å²) < 4.78 is 1.86. The van der Waals surface area contributed by atoms with Crippen LogP contribution in [0.15, 0.2) is 6.07 Å². The van der Waals surface area contributed by atoms with Crippen LogP contribution >= 0.6 is 0 Å². The second-order valence-corrected chi connectivity index (χ2v) is 4.58. The van der Waals surface area contributed by atoms with Crippen LogP contribution in [-0.4, -0.2) is 58.7 Å². The maximum absolute atomic E-state index is 12.2. The van der Waals surface area contributed by atoms with E-state index in [1.54, 1.807) is 0 Å². The third-order valence-corrected chi connectivity index (χ3v) is 3.29. The van der Waals surface area contributed by atoms with Gasteiger partial charge in [0, 0.05) is 38.4 Å². The van der Waals surface area contributed by atoms with E-state index < -0.39 is 0 Å². The number of carbonyl (C=O) groups is 1. The van der Waals surface area contributed by atoms with Gasteiger partial charge in [0.1, 0.15) is 0 Å².